The van der Waals surface area contributed by atoms with Gasteiger partial charge < -0.3 is 5.32 Å². The summed E-state index contributed by atoms with van der Waals surface area (Å²) in [4.78, 5) is 15.9. The number of sulfonamides is 1. The average molecular weight is 378 g/mol. The number of carbonyl (C=O) groups excluding carboxylic acids is 1. The lowest BCUT2D eigenvalue weighted by Gasteiger charge is -2.08. The molecule has 3 rings (SSSR count). The highest BCUT2D eigenvalue weighted by Crippen LogP contribution is 2.19. The second-order valence-corrected chi connectivity index (χ2v) is 7.63. The van der Waals surface area contributed by atoms with E-state index in [1.165, 1.54) is 46.5 Å². The molecule has 0 unspecified atom stereocenters. The summed E-state index contributed by atoms with van der Waals surface area (Å²) < 4.78 is 28.3. The van der Waals surface area contributed by atoms with Crippen LogP contribution in [0.3, 0.4) is 0 Å². The van der Waals surface area contributed by atoms with Gasteiger partial charge >= 0.3 is 0 Å². The van der Waals surface area contributed by atoms with Gasteiger partial charge in [-0.3, -0.25) is 9.52 Å². The molecule has 0 bridgehead atoms. The standard InChI is InChI=1S/C14H14N6O3S2/c1-10-8-16-19-20(10)9-13(21)17-11-2-4-12(5-3-11)25(22,23)18-14-15-6-7-24-14/h2-8H,9H2,1H3,(H,15,18)(H,17,21). The van der Waals surface area contributed by atoms with E-state index in [4.69, 9.17) is 0 Å². The maximum atomic E-state index is 12.2. The Kier molecular flexibility index (Phi) is 4.76. The molecule has 1 aromatic carbocycles. The zero-order valence-corrected chi connectivity index (χ0v) is 14.7. The number of anilines is 2. The van der Waals surface area contributed by atoms with Gasteiger partial charge in [0, 0.05) is 17.3 Å². The third-order valence-corrected chi connectivity index (χ3v) is 5.38. The van der Waals surface area contributed by atoms with E-state index in [0.717, 1.165) is 5.69 Å². The Hall–Kier alpha value is -2.79. The van der Waals surface area contributed by atoms with Crippen molar-refractivity contribution in [2.24, 2.45) is 0 Å². The molecule has 130 valence electrons. The highest BCUT2D eigenvalue weighted by Gasteiger charge is 2.15. The summed E-state index contributed by atoms with van der Waals surface area (Å²) >= 11 is 1.19. The van der Waals surface area contributed by atoms with Crippen LogP contribution in [0.1, 0.15) is 5.69 Å². The Balaban J connectivity index is 1.65. The van der Waals surface area contributed by atoms with E-state index in [-0.39, 0.29) is 17.3 Å². The van der Waals surface area contributed by atoms with Crippen molar-refractivity contribution >= 4 is 38.1 Å². The Morgan fingerprint density at radius 2 is 2.04 bits per heavy atom. The van der Waals surface area contributed by atoms with E-state index in [9.17, 15) is 13.2 Å². The topological polar surface area (TPSA) is 119 Å². The van der Waals surface area contributed by atoms with Crippen molar-refractivity contribution in [2.45, 2.75) is 18.4 Å². The van der Waals surface area contributed by atoms with E-state index < -0.39 is 10.0 Å². The van der Waals surface area contributed by atoms with Crippen LogP contribution in [0.2, 0.25) is 0 Å². The predicted octanol–water partition coefficient (Wildman–Crippen LogP) is 1.48. The number of nitrogens with one attached hydrogen (secondary N) is 2. The number of amides is 1. The van der Waals surface area contributed by atoms with Crippen LogP contribution in [-0.4, -0.2) is 34.3 Å². The van der Waals surface area contributed by atoms with Gasteiger partial charge in [0.2, 0.25) is 5.91 Å². The number of benzene rings is 1. The summed E-state index contributed by atoms with van der Waals surface area (Å²) in [6.07, 6.45) is 3.07. The van der Waals surface area contributed by atoms with Crippen molar-refractivity contribution in [1.82, 2.24) is 20.0 Å². The van der Waals surface area contributed by atoms with Crippen LogP contribution in [0.5, 0.6) is 0 Å². The average Bonchev–Trinajstić information content (AvgIpc) is 3.20. The van der Waals surface area contributed by atoms with Crippen molar-refractivity contribution in [3.8, 4) is 0 Å². The van der Waals surface area contributed by atoms with Gasteiger partial charge in [0.1, 0.15) is 6.54 Å². The number of carbonyl (C=O) groups is 1. The molecule has 2 aromatic heterocycles. The fraction of sp³-hybridized carbons (Fsp3) is 0.143. The minimum Gasteiger partial charge on any atom is -0.324 e. The van der Waals surface area contributed by atoms with Gasteiger partial charge in [-0.2, -0.15) is 0 Å². The SMILES string of the molecule is Cc1cnnn1CC(=O)Nc1ccc(S(=O)(=O)Nc2nccs2)cc1. The molecule has 2 heterocycles. The Morgan fingerprint density at radius 3 is 2.64 bits per heavy atom. The van der Waals surface area contributed by atoms with Gasteiger partial charge in [-0.1, -0.05) is 5.21 Å². The predicted molar refractivity (Wildman–Crippen MR) is 92.8 cm³/mol. The number of hydrogen-bond donors (Lipinski definition) is 2. The highest BCUT2D eigenvalue weighted by molar-refractivity contribution is 7.93. The van der Waals surface area contributed by atoms with Crippen LogP contribution in [0.4, 0.5) is 10.8 Å². The molecule has 3 aromatic rings. The molecule has 0 saturated heterocycles. The van der Waals surface area contributed by atoms with Gasteiger partial charge in [-0.25, -0.2) is 18.1 Å². The second-order valence-electron chi connectivity index (χ2n) is 5.05. The monoisotopic (exact) mass is 378 g/mol. The third-order valence-electron chi connectivity index (χ3n) is 3.21. The van der Waals surface area contributed by atoms with Crippen molar-refractivity contribution in [3.63, 3.8) is 0 Å². The molecule has 9 nitrogen and oxygen atoms in total. The normalized spacial score (nSPS) is 11.2. The fourth-order valence-electron chi connectivity index (χ4n) is 1.97. The molecule has 0 radical (unpaired) electrons. The first kappa shape index (κ1) is 17.0. The summed E-state index contributed by atoms with van der Waals surface area (Å²) in [7, 11) is -3.71. The number of aromatic nitrogens is 4. The molecule has 0 aliphatic rings. The van der Waals surface area contributed by atoms with Crippen molar-refractivity contribution in [2.75, 3.05) is 10.0 Å². The summed E-state index contributed by atoms with van der Waals surface area (Å²) in [6, 6.07) is 5.85. The smallest absolute Gasteiger partial charge is 0.263 e. The molecule has 0 aliphatic carbocycles. The van der Waals surface area contributed by atoms with Crippen LogP contribution in [0.25, 0.3) is 0 Å². The molecule has 25 heavy (non-hydrogen) atoms. The summed E-state index contributed by atoms with van der Waals surface area (Å²) in [5.74, 6) is -0.287. The van der Waals surface area contributed by atoms with Gasteiger partial charge in [0.15, 0.2) is 5.13 Å². The van der Waals surface area contributed by atoms with Crippen LogP contribution in [0.15, 0.2) is 46.9 Å². The van der Waals surface area contributed by atoms with Gasteiger partial charge in [-0.05, 0) is 31.2 Å². The third kappa shape index (κ3) is 4.19. The Morgan fingerprint density at radius 1 is 1.28 bits per heavy atom. The fourth-order valence-corrected chi connectivity index (χ4v) is 3.76. The van der Waals surface area contributed by atoms with Crippen molar-refractivity contribution < 1.29 is 13.2 Å². The minimum absolute atomic E-state index is 0.0253. The van der Waals surface area contributed by atoms with Crippen LogP contribution in [-0.2, 0) is 21.4 Å². The largest absolute Gasteiger partial charge is 0.324 e. The van der Waals surface area contributed by atoms with Gasteiger partial charge in [0.05, 0.1) is 16.8 Å². The first-order chi connectivity index (χ1) is 11.9. The Bertz CT molecular complexity index is 964. The van der Waals surface area contributed by atoms with Crippen LogP contribution >= 0.6 is 11.3 Å². The van der Waals surface area contributed by atoms with Gasteiger partial charge in [-0.15, -0.1) is 16.4 Å². The molecule has 0 saturated carbocycles. The number of thiazole rings is 1. The molecule has 11 heteroatoms. The second kappa shape index (κ2) is 6.99. The minimum atomic E-state index is -3.71. The summed E-state index contributed by atoms with van der Waals surface area (Å²) in [5.41, 5.74) is 1.25. The van der Waals surface area contributed by atoms with Crippen LogP contribution < -0.4 is 10.0 Å². The van der Waals surface area contributed by atoms with E-state index in [2.05, 4.69) is 25.3 Å². The van der Waals surface area contributed by atoms with E-state index in [1.54, 1.807) is 18.5 Å². The first-order valence-electron chi connectivity index (χ1n) is 7.11. The maximum absolute atomic E-state index is 12.2. The van der Waals surface area contributed by atoms with Crippen LogP contribution in [0, 0.1) is 6.92 Å². The zero-order chi connectivity index (χ0) is 17.9. The molecular formula is C14H14N6O3S2. The molecule has 2 N–H and O–H groups in total. The van der Waals surface area contributed by atoms with E-state index in [1.807, 2.05) is 0 Å². The molecule has 0 fully saturated rings. The summed E-state index contributed by atoms with van der Waals surface area (Å²) in [5, 5.41) is 12.1. The number of nitrogens with zero attached hydrogens (tertiary/aromatic N) is 4. The lowest BCUT2D eigenvalue weighted by atomic mass is 10.3. The van der Waals surface area contributed by atoms with Crippen molar-refractivity contribution in [3.05, 3.63) is 47.7 Å². The van der Waals surface area contributed by atoms with E-state index in [0.29, 0.717) is 10.8 Å². The number of aryl methyl sites for hydroxylation is 1. The number of hydrogen-bond acceptors (Lipinski definition) is 7. The lowest BCUT2D eigenvalue weighted by Crippen LogP contribution is -2.20. The lowest BCUT2D eigenvalue weighted by molar-refractivity contribution is -0.117. The Labute approximate surface area is 147 Å². The molecule has 1 amide bonds. The van der Waals surface area contributed by atoms with Crippen molar-refractivity contribution in [1.29, 1.82) is 0 Å². The molecule has 0 aliphatic heterocycles. The zero-order valence-electron chi connectivity index (χ0n) is 13.1. The quantitative estimate of drug-likeness (QED) is 0.671. The molecular weight excluding hydrogens is 364 g/mol. The number of rotatable bonds is 6. The molecule has 0 atom stereocenters. The maximum Gasteiger partial charge on any atom is 0.263 e. The molecule has 0 spiro atoms. The first-order valence-corrected chi connectivity index (χ1v) is 9.48. The highest BCUT2D eigenvalue weighted by atomic mass is 32.2. The van der Waals surface area contributed by atoms with E-state index >= 15 is 0 Å². The van der Waals surface area contributed by atoms with Gasteiger partial charge in [0.25, 0.3) is 10.0 Å². The summed E-state index contributed by atoms with van der Waals surface area (Å²) in [6.45, 7) is 1.82.